The number of nitrogens with zero attached hydrogens (tertiary/aromatic N) is 2. The second kappa shape index (κ2) is 7.25. The van der Waals surface area contributed by atoms with Crippen LogP contribution in [-0.2, 0) is 14.3 Å². The fourth-order valence-corrected chi connectivity index (χ4v) is 4.01. The molecule has 2 aromatic rings. The molecule has 0 saturated carbocycles. The molecule has 5 heteroatoms. The number of rotatable bonds is 4. The largest absolute Gasteiger partial charge is 0.347 e. The zero-order valence-electron chi connectivity index (χ0n) is 15.3. The average molecular weight is 354 g/mol. The minimum atomic E-state index is -0.437. The SMILES string of the molecule is Cc1cccc([C@@H](CC(=O)N2CCC3(CC2)OCCO3)n2cccc2)c1. The second-order valence-corrected chi connectivity index (χ2v) is 7.25. The molecule has 2 fully saturated rings. The quantitative estimate of drug-likeness (QED) is 0.847. The number of ether oxygens (including phenoxy) is 2. The Bertz CT molecular complexity index is 740. The number of benzene rings is 1. The minimum absolute atomic E-state index is 0.0206. The van der Waals surface area contributed by atoms with Gasteiger partial charge >= 0.3 is 0 Å². The van der Waals surface area contributed by atoms with Crippen molar-refractivity contribution in [3.63, 3.8) is 0 Å². The van der Waals surface area contributed by atoms with Crippen molar-refractivity contribution >= 4 is 5.91 Å². The number of hydrogen-bond acceptors (Lipinski definition) is 3. The third-order valence-corrected chi connectivity index (χ3v) is 5.47. The van der Waals surface area contributed by atoms with Crippen LogP contribution in [0.3, 0.4) is 0 Å². The number of aryl methyl sites for hydroxylation is 1. The monoisotopic (exact) mass is 354 g/mol. The van der Waals surface area contributed by atoms with Gasteiger partial charge in [-0.1, -0.05) is 29.8 Å². The van der Waals surface area contributed by atoms with Gasteiger partial charge in [0.25, 0.3) is 0 Å². The van der Waals surface area contributed by atoms with Crippen LogP contribution in [0.4, 0.5) is 0 Å². The highest BCUT2D eigenvalue weighted by Gasteiger charge is 2.40. The zero-order valence-corrected chi connectivity index (χ0v) is 15.3. The van der Waals surface area contributed by atoms with Crippen molar-refractivity contribution in [3.8, 4) is 0 Å². The third-order valence-electron chi connectivity index (χ3n) is 5.47. The highest BCUT2D eigenvalue weighted by atomic mass is 16.7. The highest BCUT2D eigenvalue weighted by molar-refractivity contribution is 5.77. The molecule has 1 aromatic heterocycles. The lowest BCUT2D eigenvalue weighted by atomic mass is 9.99. The summed E-state index contributed by atoms with van der Waals surface area (Å²) in [7, 11) is 0. The van der Waals surface area contributed by atoms with E-state index in [0.29, 0.717) is 32.7 Å². The van der Waals surface area contributed by atoms with Crippen LogP contribution >= 0.6 is 0 Å². The van der Waals surface area contributed by atoms with Crippen LogP contribution in [0.5, 0.6) is 0 Å². The van der Waals surface area contributed by atoms with Crippen LogP contribution in [0.2, 0.25) is 0 Å². The van der Waals surface area contributed by atoms with Gasteiger partial charge in [0.2, 0.25) is 5.91 Å². The van der Waals surface area contributed by atoms with E-state index in [2.05, 4.69) is 35.8 Å². The van der Waals surface area contributed by atoms with Crippen molar-refractivity contribution in [1.82, 2.24) is 9.47 Å². The van der Waals surface area contributed by atoms with E-state index in [1.807, 2.05) is 29.4 Å². The van der Waals surface area contributed by atoms with E-state index in [-0.39, 0.29) is 11.9 Å². The molecule has 2 saturated heterocycles. The lowest BCUT2D eigenvalue weighted by molar-refractivity contribution is -0.187. The van der Waals surface area contributed by atoms with E-state index >= 15 is 0 Å². The van der Waals surface area contributed by atoms with Crippen LogP contribution in [0.15, 0.2) is 48.8 Å². The van der Waals surface area contributed by atoms with Gasteiger partial charge in [-0.15, -0.1) is 0 Å². The molecule has 2 aliphatic heterocycles. The summed E-state index contributed by atoms with van der Waals surface area (Å²) in [6.45, 7) is 4.81. The van der Waals surface area contributed by atoms with Crippen molar-refractivity contribution in [1.29, 1.82) is 0 Å². The van der Waals surface area contributed by atoms with Crippen LogP contribution in [0.1, 0.15) is 36.4 Å². The van der Waals surface area contributed by atoms with E-state index in [4.69, 9.17) is 9.47 Å². The summed E-state index contributed by atoms with van der Waals surface area (Å²) in [4.78, 5) is 15.0. The van der Waals surface area contributed by atoms with E-state index in [0.717, 1.165) is 12.8 Å². The van der Waals surface area contributed by atoms with Crippen LogP contribution < -0.4 is 0 Å². The molecule has 1 spiro atoms. The first-order valence-electron chi connectivity index (χ1n) is 9.40. The summed E-state index contributed by atoms with van der Waals surface area (Å²) >= 11 is 0. The number of piperidine rings is 1. The van der Waals surface area contributed by atoms with E-state index in [1.165, 1.54) is 11.1 Å². The van der Waals surface area contributed by atoms with Gasteiger partial charge in [0.15, 0.2) is 5.79 Å². The molecule has 26 heavy (non-hydrogen) atoms. The molecule has 0 N–H and O–H groups in total. The normalized spacial score (nSPS) is 20.4. The van der Waals surface area contributed by atoms with Gasteiger partial charge in [0.05, 0.1) is 25.7 Å². The standard InChI is InChI=1S/C21H26N2O3/c1-17-5-4-6-18(15-17)19(22-9-2-3-10-22)16-20(24)23-11-7-21(8-12-23)25-13-14-26-21/h2-6,9-10,15,19H,7-8,11-14,16H2,1H3/t19-/m1/s1. The molecule has 0 aliphatic carbocycles. The number of aromatic nitrogens is 1. The molecule has 138 valence electrons. The van der Waals surface area contributed by atoms with Crippen molar-refractivity contribution in [3.05, 3.63) is 59.9 Å². The lowest BCUT2D eigenvalue weighted by Crippen LogP contribution is -2.47. The van der Waals surface area contributed by atoms with Crippen LogP contribution in [-0.4, -0.2) is 47.5 Å². The molecular formula is C21H26N2O3. The summed E-state index contributed by atoms with van der Waals surface area (Å²) in [5, 5.41) is 0. The summed E-state index contributed by atoms with van der Waals surface area (Å²) < 4.78 is 13.7. The topological polar surface area (TPSA) is 43.7 Å². The van der Waals surface area contributed by atoms with Gasteiger partial charge in [0.1, 0.15) is 0 Å². The first kappa shape index (κ1) is 17.3. The number of carbonyl (C=O) groups excluding carboxylic acids is 1. The maximum Gasteiger partial charge on any atom is 0.225 e. The Morgan fingerprint density at radius 3 is 2.46 bits per heavy atom. The van der Waals surface area contributed by atoms with Crippen molar-refractivity contribution in [2.45, 2.75) is 38.0 Å². The Balaban J connectivity index is 1.47. The number of amides is 1. The fourth-order valence-electron chi connectivity index (χ4n) is 4.01. The molecule has 0 unspecified atom stereocenters. The van der Waals surface area contributed by atoms with Gasteiger partial charge in [0, 0.05) is 38.3 Å². The Labute approximate surface area is 154 Å². The molecule has 1 atom stereocenters. The minimum Gasteiger partial charge on any atom is -0.347 e. The highest BCUT2D eigenvalue weighted by Crippen LogP contribution is 2.32. The van der Waals surface area contributed by atoms with E-state index < -0.39 is 5.79 Å². The average Bonchev–Trinajstić information content (AvgIpc) is 3.33. The molecule has 3 heterocycles. The maximum atomic E-state index is 13.0. The molecule has 1 amide bonds. The van der Waals surface area contributed by atoms with Gasteiger partial charge < -0.3 is 18.9 Å². The molecule has 4 rings (SSSR count). The predicted molar refractivity (Wildman–Crippen MR) is 98.8 cm³/mol. The number of hydrogen-bond donors (Lipinski definition) is 0. The molecule has 1 aromatic carbocycles. The van der Waals surface area contributed by atoms with Crippen LogP contribution in [0.25, 0.3) is 0 Å². The maximum absolute atomic E-state index is 13.0. The zero-order chi connectivity index (χ0) is 18.0. The van der Waals surface area contributed by atoms with Crippen LogP contribution in [0, 0.1) is 6.92 Å². The third kappa shape index (κ3) is 3.55. The Kier molecular flexibility index (Phi) is 4.83. The smallest absolute Gasteiger partial charge is 0.225 e. The number of likely N-dealkylation sites (tertiary alicyclic amines) is 1. The first-order chi connectivity index (χ1) is 12.7. The van der Waals surface area contributed by atoms with Gasteiger partial charge in [-0.05, 0) is 24.6 Å². The van der Waals surface area contributed by atoms with Crippen molar-refractivity contribution < 1.29 is 14.3 Å². The molecule has 2 aliphatic rings. The van der Waals surface area contributed by atoms with E-state index in [1.54, 1.807) is 0 Å². The fraction of sp³-hybridized carbons (Fsp3) is 0.476. The summed E-state index contributed by atoms with van der Waals surface area (Å²) in [6, 6.07) is 12.5. The second-order valence-electron chi connectivity index (χ2n) is 7.25. The predicted octanol–water partition coefficient (Wildman–Crippen LogP) is 3.14. The summed E-state index contributed by atoms with van der Waals surface area (Å²) in [5.41, 5.74) is 2.38. The van der Waals surface area contributed by atoms with Crippen molar-refractivity contribution in [2.24, 2.45) is 0 Å². The Hall–Kier alpha value is -2.11. The molecular weight excluding hydrogens is 328 g/mol. The number of carbonyl (C=O) groups is 1. The first-order valence-corrected chi connectivity index (χ1v) is 9.40. The molecule has 5 nitrogen and oxygen atoms in total. The van der Waals surface area contributed by atoms with E-state index in [9.17, 15) is 4.79 Å². The van der Waals surface area contributed by atoms with Gasteiger partial charge in [-0.2, -0.15) is 0 Å². The Morgan fingerprint density at radius 2 is 1.81 bits per heavy atom. The van der Waals surface area contributed by atoms with Gasteiger partial charge in [-0.25, -0.2) is 0 Å². The molecule has 0 bridgehead atoms. The summed E-state index contributed by atoms with van der Waals surface area (Å²) in [6.07, 6.45) is 6.05. The lowest BCUT2D eigenvalue weighted by Gasteiger charge is -2.38. The van der Waals surface area contributed by atoms with Gasteiger partial charge in [-0.3, -0.25) is 4.79 Å². The molecule has 0 radical (unpaired) electrons. The van der Waals surface area contributed by atoms with Crippen molar-refractivity contribution in [2.75, 3.05) is 26.3 Å². The summed E-state index contributed by atoms with van der Waals surface area (Å²) in [5.74, 6) is -0.245. The Morgan fingerprint density at radius 1 is 1.12 bits per heavy atom.